The van der Waals surface area contributed by atoms with Gasteiger partial charge in [-0.1, -0.05) is 37.3 Å². The van der Waals surface area contributed by atoms with Crippen LogP contribution < -0.4 is 10.6 Å². The van der Waals surface area contributed by atoms with Gasteiger partial charge < -0.3 is 15.1 Å². The van der Waals surface area contributed by atoms with E-state index in [0.29, 0.717) is 5.92 Å². The SMILES string of the molecule is CN=C(NCc1ccccc1CN(C)Cc1ccco1)NCC(C)c1cccs1. The van der Waals surface area contributed by atoms with Crippen LogP contribution in [0.3, 0.4) is 0 Å². The van der Waals surface area contributed by atoms with Gasteiger partial charge in [-0.15, -0.1) is 11.3 Å². The second-order valence-electron chi connectivity index (χ2n) is 7.24. The Morgan fingerprint density at radius 3 is 2.59 bits per heavy atom. The Bertz CT molecular complexity index is 874. The third-order valence-electron chi connectivity index (χ3n) is 4.84. The van der Waals surface area contributed by atoms with Crippen molar-refractivity contribution in [2.45, 2.75) is 32.5 Å². The molecule has 0 bridgehead atoms. The standard InChI is InChI=1S/C23H30N4OS/c1-18(22-11-7-13-29-22)14-25-23(24-2)26-15-19-8-4-5-9-20(19)16-27(3)17-21-10-6-12-28-21/h4-13,18H,14-17H2,1-3H3,(H2,24,25,26). The fourth-order valence-electron chi connectivity index (χ4n) is 3.22. The zero-order valence-corrected chi connectivity index (χ0v) is 18.2. The number of hydrogen-bond donors (Lipinski definition) is 2. The second-order valence-corrected chi connectivity index (χ2v) is 8.22. The quantitative estimate of drug-likeness (QED) is 0.404. The second kappa shape index (κ2) is 10.8. The predicted octanol–water partition coefficient (Wildman–Crippen LogP) is 4.44. The maximum Gasteiger partial charge on any atom is 0.191 e. The van der Waals surface area contributed by atoms with Crippen LogP contribution in [0.2, 0.25) is 0 Å². The summed E-state index contributed by atoms with van der Waals surface area (Å²) in [5, 5.41) is 9.01. The van der Waals surface area contributed by atoms with Gasteiger partial charge in [-0.3, -0.25) is 9.89 Å². The molecule has 0 spiro atoms. The molecule has 1 unspecified atom stereocenters. The maximum absolute atomic E-state index is 5.46. The lowest BCUT2D eigenvalue weighted by atomic mass is 10.1. The molecule has 2 heterocycles. The number of aliphatic imine (C=N–C) groups is 1. The van der Waals surface area contributed by atoms with Crippen molar-refractivity contribution in [1.82, 2.24) is 15.5 Å². The summed E-state index contributed by atoms with van der Waals surface area (Å²) in [6.45, 7) is 5.47. The minimum atomic E-state index is 0.455. The van der Waals surface area contributed by atoms with Crippen molar-refractivity contribution in [1.29, 1.82) is 0 Å². The van der Waals surface area contributed by atoms with Gasteiger partial charge in [-0.05, 0) is 41.8 Å². The Balaban J connectivity index is 1.52. The van der Waals surface area contributed by atoms with Gasteiger partial charge in [0.05, 0.1) is 12.8 Å². The highest BCUT2D eigenvalue weighted by Gasteiger charge is 2.10. The molecule has 5 nitrogen and oxygen atoms in total. The normalized spacial score (nSPS) is 12.9. The van der Waals surface area contributed by atoms with Crippen LogP contribution in [-0.2, 0) is 19.6 Å². The molecule has 154 valence electrons. The lowest BCUT2D eigenvalue weighted by molar-refractivity contribution is 0.287. The maximum atomic E-state index is 5.46. The molecule has 0 saturated carbocycles. The van der Waals surface area contributed by atoms with Gasteiger partial charge >= 0.3 is 0 Å². The smallest absolute Gasteiger partial charge is 0.191 e. The van der Waals surface area contributed by atoms with E-state index in [2.05, 4.69) is 76.3 Å². The van der Waals surface area contributed by atoms with Crippen molar-refractivity contribution in [2.75, 3.05) is 20.6 Å². The van der Waals surface area contributed by atoms with Gasteiger partial charge in [-0.25, -0.2) is 0 Å². The minimum Gasteiger partial charge on any atom is -0.468 e. The highest BCUT2D eigenvalue weighted by Crippen LogP contribution is 2.19. The number of rotatable bonds is 9. The number of guanidine groups is 1. The van der Waals surface area contributed by atoms with E-state index in [9.17, 15) is 0 Å². The van der Waals surface area contributed by atoms with Crippen LogP contribution in [0.15, 0.2) is 69.6 Å². The molecule has 0 fully saturated rings. The molecular weight excluding hydrogens is 380 g/mol. The van der Waals surface area contributed by atoms with Crippen LogP contribution in [0.5, 0.6) is 0 Å². The van der Waals surface area contributed by atoms with Crippen LogP contribution >= 0.6 is 11.3 Å². The molecule has 29 heavy (non-hydrogen) atoms. The molecule has 3 aromatic rings. The predicted molar refractivity (Wildman–Crippen MR) is 121 cm³/mol. The Hall–Kier alpha value is -2.57. The van der Waals surface area contributed by atoms with Crippen molar-refractivity contribution >= 4 is 17.3 Å². The first-order valence-corrected chi connectivity index (χ1v) is 10.8. The average molecular weight is 411 g/mol. The largest absolute Gasteiger partial charge is 0.468 e. The fourth-order valence-corrected chi connectivity index (χ4v) is 4.01. The molecule has 0 aliphatic rings. The van der Waals surface area contributed by atoms with Gasteiger partial charge in [0, 0.05) is 37.5 Å². The molecule has 0 aliphatic carbocycles. The zero-order valence-electron chi connectivity index (χ0n) is 17.4. The monoisotopic (exact) mass is 410 g/mol. The molecular formula is C23H30N4OS. The summed E-state index contributed by atoms with van der Waals surface area (Å²) in [6.07, 6.45) is 1.72. The van der Waals surface area contributed by atoms with Gasteiger partial charge in [0.2, 0.25) is 0 Å². The first-order valence-electron chi connectivity index (χ1n) is 9.91. The number of benzene rings is 1. The molecule has 2 N–H and O–H groups in total. The van der Waals surface area contributed by atoms with Crippen molar-refractivity contribution in [3.05, 3.63) is 81.9 Å². The molecule has 1 aromatic carbocycles. The first-order chi connectivity index (χ1) is 14.2. The van der Waals surface area contributed by atoms with Crippen LogP contribution in [0.4, 0.5) is 0 Å². The van der Waals surface area contributed by atoms with Crippen LogP contribution in [0.1, 0.15) is 34.6 Å². The number of hydrogen-bond acceptors (Lipinski definition) is 4. The summed E-state index contributed by atoms with van der Waals surface area (Å²) < 4.78 is 5.46. The van der Waals surface area contributed by atoms with Crippen LogP contribution in [0.25, 0.3) is 0 Å². The van der Waals surface area contributed by atoms with Gasteiger partial charge in [0.25, 0.3) is 0 Å². The lowest BCUT2D eigenvalue weighted by Crippen LogP contribution is -2.38. The number of furan rings is 1. The van der Waals surface area contributed by atoms with E-state index in [1.54, 1.807) is 17.6 Å². The summed E-state index contributed by atoms with van der Waals surface area (Å²) >= 11 is 1.80. The average Bonchev–Trinajstić information content (AvgIpc) is 3.43. The topological polar surface area (TPSA) is 52.8 Å². The summed E-state index contributed by atoms with van der Waals surface area (Å²) in [5.74, 6) is 2.26. The number of nitrogens with one attached hydrogen (secondary N) is 2. The van der Waals surface area contributed by atoms with Crippen molar-refractivity contribution in [2.24, 2.45) is 4.99 Å². The molecule has 1 atom stereocenters. The summed E-state index contributed by atoms with van der Waals surface area (Å²) in [5.41, 5.74) is 2.57. The lowest BCUT2D eigenvalue weighted by Gasteiger charge is -2.19. The molecule has 0 saturated heterocycles. The highest BCUT2D eigenvalue weighted by atomic mass is 32.1. The molecule has 2 aromatic heterocycles. The van der Waals surface area contributed by atoms with E-state index in [0.717, 1.165) is 37.9 Å². The molecule has 0 aliphatic heterocycles. The summed E-state index contributed by atoms with van der Waals surface area (Å²) in [6, 6.07) is 16.8. The molecule has 6 heteroatoms. The van der Waals surface area contributed by atoms with Gasteiger partial charge in [0.1, 0.15) is 5.76 Å². The number of nitrogens with zero attached hydrogens (tertiary/aromatic N) is 2. The highest BCUT2D eigenvalue weighted by molar-refractivity contribution is 7.10. The first kappa shape index (κ1) is 21.1. The Morgan fingerprint density at radius 2 is 1.90 bits per heavy atom. The van der Waals surface area contributed by atoms with E-state index in [4.69, 9.17) is 4.42 Å². The van der Waals surface area contributed by atoms with E-state index >= 15 is 0 Å². The van der Waals surface area contributed by atoms with Gasteiger partial charge in [-0.2, -0.15) is 0 Å². The van der Waals surface area contributed by atoms with E-state index in [1.165, 1.54) is 16.0 Å². The minimum absolute atomic E-state index is 0.455. The van der Waals surface area contributed by atoms with Crippen molar-refractivity contribution < 1.29 is 4.42 Å². The van der Waals surface area contributed by atoms with Gasteiger partial charge in [0.15, 0.2) is 5.96 Å². The summed E-state index contributed by atoms with van der Waals surface area (Å²) in [4.78, 5) is 8.02. The van der Waals surface area contributed by atoms with Crippen molar-refractivity contribution in [3.63, 3.8) is 0 Å². The fraction of sp³-hybridized carbons (Fsp3) is 0.348. The molecule has 0 amide bonds. The van der Waals surface area contributed by atoms with E-state index < -0.39 is 0 Å². The molecule has 0 radical (unpaired) electrons. The van der Waals surface area contributed by atoms with Crippen LogP contribution in [-0.4, -0.2) is 31.5 Å². The summed E-state index contributed by atoms with van der Waals surface area (Å²) in [7, 11) is 3.92. The zero-order chi connectivity index (χ0) is 20.5. The number of thiophene rings is 1. The van der Waals surface area contributed by atoms with Crippen molar-refractivity contribution in [3.8, 4) is 0 Å². The Kier molecular flexibility index (Phi) is 7.90. The van der Waals surface area contributed by atoms with Crippen LogP contribution in [0, 0.1) is 0 Å². The Morgan fingerprint density at radius 1 is 1.07 bits per heavy atom. The van der Waals surface area contributed by atoms with E-state index in [-0.39, 0.29) is 0 Å². The third kappa shape index (κ3) is 6.48. The third-order valence-corrected chi connectivity index (χ3v) is 5.94. The molecule has 3 rings (SSSR count). The Labute approximate surface area is 177 Å². The van der Waals surface area contributed by atoms with E-state index in [1.807, 2.05) is 19.2 Å².